The van der Waals surface area contributed by atoms with Gasteiger partial charge in [-0.15, -0.1) is 11.8 Å². The van der Waals surface area contributed by atoms with Crippen LogP contribution in [0.1, 0.15) is 12.0 Å². The van der Waals surface area contributed by atoms with E-state index in [4.69, 9.17) is 0 Å². The third-order valence-electron chi connectivity index (χ3n) is 4.51. The van der Waals surface area contributed by atoms with Crippen molar-refractivity contribution in [1.29, 1.82) is 0 Å². The van der Waals surface area contributed by atoms with E-state index in [1.165, 1.54) is 11.8 Å². The summed E-state index contributed by atoms with van der Waals surface area (Å²) in [5.41, 5.74) is 1.34. The number of likely N-dealkylation sites (N-methyl/N-ethyl adjacent to an activating group) is 1. The first-order valence-corrected chi connectivity index (χ1v) is 11.3. The van der Waals surface area contributed by atoms with Crippen LogP contribution in [0.15, 0.2) is 58.6 Å². The number of nitrogens with zero attached hydrogens (tertiary/aromatic N) is 3. The number of aromatic nitrogens is 1. The summed E-state index contributed by atoms with van der Waals surface area (Å²) in [6.45, 7) is 2.60. The first-order valence-electron chi connectivity index (χ1n) is 8.87. The molecule has 0 aliphatic carbocycles. The van der Waals surface area contributed by atoms with Crippen LogP contribution in [0.25, 0.3) is 0 Å². The maximum Gasteiger partial charge on any atom is 0.244 e. The smallest absolute Gasteiger partial charge is 0.244 e. The highest BCUT2D eigenvalue weighted by molar-refractivity contribution is 7.99. The largest absolute Gasteiger partial charge is 0.304 e. The van der Waals surface area contributed by atoms with Crippen LogP contribution < -0.4 is 0 Å². The summed E-state index contributed by atoms with van der Waals surface area (Å²) < 4.78 is 26.9. The number of aryl methyl sites for hydroxylation is 1. The Labute approximate surface area is 160 Å². The van der Waals surface area contributed by atoms with Gasteiger partial charge in [0, 0.05) is 32.4 Å². The van der Waals surface area contributed by atoms with Gasteiger partial charge in [0.05, 0.1) is 5.03 Å². The summed E-state index contributed by atoms with van der Waals surface area (Å²) >= 11 is 1.67. The van der Waals surface area contributed by atoms with E-state index in [0.29, 0.717) is 13.1 Å². The van der Waals surface area contributed by atoms with Crippen LogP contribution in [0.5, 0.6) is 0 Å². The number of piperazine rings is 1. The minimum absolute atomic E-state index is 0.288. The van der Waals surface area contributed by atoms with Gasteiger partial charge in [-0.2, -0.15) is 4.31 Å². The molecule has 1 aromatic heterocycles. The van der Waals surface area contributed by atoms with Crippen LogP contribution in [0, 0.1) is 0 Å². The molecular weight excluding hydrogens is 366 g/mol. The average Bonchev–Trinajstić information content (AvgIpc) is 2.67. The second kappa shape index (κ2) is 8.99. The van der Waals surface area contributed by atoms with Crippen molar-refractivity contribution in [2.24, 2.45) is 0 Å². The van der Waals surface area contributed by atoms with E-state index in [2.05, 4.69) is 34.1 Å². The lowest BCUT2D eigenvalue weighted by Crippen LogP contribution is -2.47. The molecular formula is C19H25N3O2S2. The molecule has 0 amide bonds. The van der Waals surface area contributed by atoms with Crippen LogP contribution >= 0.6 is 11.8 Å². The predicted octanol–water partition coefficient (Wildman–Crippen LogP) is 2.74. The fraction of sp³-hybridized carbons (Fsp3) is 0.421. The van der Waals surface area contributed by atoms with Crippen molar-refractivity contribution in [3.05, 3.63) is 54.2 Å². The second-order valence-corrected chi connectivity index (χ2v) is 9.53. The van der Waals surface area contributed by atoms with Gasteiger partial charge in [0.25, 0.3) is 0 Å². The summed E-state index contributed by atoms with van der Waals surface area (Å²) in [6, 6.07) is 13.9. The number of benzene rings is 1. The van der Waals surface area contributed by atoms with E-state index in [9.17, 15) is 8.42 Å². The van der Waals surface area contributed by atoms with Gasteiger partial charge in [0.2, 0.25) is 10.0 Å². The molecule has 0 bridgehead atoms. The summed E-state index contributed by atoms with van der Waals surface area (Å²) in [4.78, 5) is 6.77. The van der Waals surface area contributed by atoms with Crippen LogP contribution in [0.3, 0.4) is 0 Å². The van der Waals surface area contributed by atoms with E-state index in [-0.39, 0.29) is 4.90 Å². The number of hydrogen-bond acceptors (Lipinski definition) is 5. The van der Waals surface area contributed by atoms with Crippen molar-refractivity contribution >= 4 is 21.8 Å². The Bertz CT molecular complexity index is 787. The molecule has 26 heavy (non-hydrogen) atoms. The lowest BCUT2D eigenvalue weighted by atomic mass is 10.1. The molecule has 1 fully saturated rings. The van der Waals surface area contributed by atoms with Gasteiger partial charge >= 0.3 is 0 Å². The molecule has 1 aliphatic heterocycles. The van der Waals surface area contributed by atoms with Crippen molar-refractivity contribution in [1.82, 2.24) is 14.2 Å². The van der Waals surface area contributed by atoms with Crippen molar-refractivity contribution < 1.29 is 8.42 Å². The lowest BCUT2D eigenvalue weighted by Gasteiger charge is -2.31. The van der Waals surface area contributed by atoms with Gasteiger partial charge in [0.1, 0.15) is 4.90 Å². The molecule has 2 heterocycles. The standard InChI is InChI=1S/C19H25N3O2S2/c1-21-11-13-22(14-12-21)26(23,24)18-9-10-19(20-16-18)25-15-5-8-17-6-3-2-4-7-17/h2-4,6-7,9-10,16H,5,8,11-15H2,1H3. The first-order chi connectivity index (χ1) is 12.6. The molecule has 2 aromatic rings. The van der Waals surface area contributed by atoms with Crippen molar-refractivity contribution in [3.63, 3.8) is 0 Å². The first kappa shape index (κ1) is 19.4. The van der Waals surface area contributed by atoms with E-state index < -0.39 is 10.0 Å². The summed E-state index contributed by atoms with van der Waals surface area (Å²) in [7, 11) is -1.42. The average molecular weight is 392 g/mol. The van der Waals surface area contributed by atoms with E-state index in [1.807, 2.05) is 19.2 Å². The van der Waals surface area contributed by atoms with Crippen LogP contribution in [0.4, 0.5) is 0 Å². The molecule has 1 aliphatic rings. The molecule has 7 heteroatoms. The molecule has 1 saturated heterocycles. The van der Waals surface area contributed by atoms with Gasteiger partial charge in [-0.1, -0.05) is 30.3 Å². The minimum atomic E-state index is -3.43. The number of sulfonamides is 1. The van der Waals surface area contributed by atoms with Crippen LogP contribution in [0.2, 0.25) is 0 Å². The maximum atomic E-state index is 12.7. The SMILES string of the molecule is CN1CCN(S(=O)(=O)c2ccc(SCCCc3ccccc3)nc2)CC1. The lowest BCUT2D eigenvalue weighted by molar-refractivity contribution is 0.222. The van der Waals surface area contributed by atoms with E-state index in [1.54, 1.807) is 22.1 Å². The molecule has 0 unspecified atom stereocenters. The predicted molar refractivity (Wildman–Crippen MR) is 106 cm³/mol. The fourth-order valence-electron chi connectivity index (χ4n) is 2.88. The number of thioether (sulfide) groups is 1. The van der Waals surface area contributed by atoms with Crippen molar-refractivity contribution in [3.8, 4) is 0 Å². The van der Waals surface area contributed by atoms with Gasteiger partial charge < -0.3 is 4.90 Å². The zero-order valence-corrected chi connectivity index (χ0v) is 16.7. The third-order valence-corrected chi connectivity index (χ3v) is 7.42. The molecule has 0 N–H and O–H groups in total. The topological polar surface area (TPSA) is 53.5 Å². The molecule has 5 nitrogen and oxygen atoms in total. The Morgan fingerprint density at radius 2 is 1.77 bits per heavy atom. The van der Waals surface area contributed by atoms with Crippen molar-refractivity contribution in [2.45, 2.75) is 22.8 Å². The van der Waals surface area contributed by atoms with Gasteiger partial charge in [-0.05, 0) is 43.3 Å². The quantitative estimate of drug-likeness (QED) is 0.537. The molecule has 0 radical (unpaired) electrons. The Hall–Kier alpha value is -1.41. The number of pyridine rings is 1. The Morgan fingerprint density at radius 1 is 1.04 bits per heavy atom. The van der Waals surface area contributed by atoms with Gasteiger partial charge in [-0.3, -0.25) is 0 Å². The maximum absolute atomic E-state index is 12.7. The second-order valence-electron chi connectivity index (χ2n) is 6.48. The highest BCUT2D eigenvalue weighted by Crippen LogP contribution is 2.21. The molecule has 1 aromatic carbocycles. The molecule has 0 saturated carbocycles. The number of rotatable bonds is 7. The van der Waals surface area contributed by atoms with E-state index in [0.717, 1.165) is 36.7 Å². The fourth-order valence-corrected chi connectivity index (χ4v) is 5.04. The normalized spacial score (nSPS) is 16.7. The summed E-state index contributed by atoms with van der Waals surface area (Å²) in [6.07, 6.45) is 3.61. The molecule has 3 rings (SSSR count). The zero-order valence-electron chi connectivity index (χ0n) is 15.0. The minimum Gasteiger partial charge on any atom is -0.304 e. The van der Waals surface area contributed by atoms with Crippen LogP contribution in [-0.2, 0) is 16.4 Å². The number of hydrogen-bond donors (Lipinski definition) is 0. The Balaban J connectivity index is 1.51. The third kappa shape index (κ3) is 5.07. The van der Waals surface area contributed by atoms with E-state index >= 15 is 0 Å². The zero-order chi connectivity index (χ0) is 18.4. The van der Waals surface area contributed by atoms with Crippen LogP contribution in [-0.4, -0.2) is 61.6 Å². The molecule has 0 atom stereocenters. The molecule has 140 valence electrons. The summed E-state index contributed by atoms with van der Waals surface area (Å²) in [5, 5.41) is 0.871. The summed E-state index contributed by atoms with van der Waals surface area (Å²) in [5.74, 6) is 0.965. The van der Waals surface area contributed by atoms with Gasteiger partial charge in [-0.25, -0.2) is 13.4 Å². The highest BCUT2D eigenvalue weighted by Gasteiger charge is 2.27. The van der Waals surface area contributed by atoms with Gasteiger partial charge in [0.15, 0.2) is 0 Å². The van der Waals surface area contributed by atoms with Crippen molar-refractivity contribution in [2.75, 3.05) is 39.0 Å². The molecule has 0 spiro atoms. The Kier molecular flexibility index (Phi) is 6.69. The highest BCUT2D eigenvalue weighted by atomic mass is 32.2. The Morgan fingerprint density at radius 3 is 2.42 bits per heavy atom. The monoisotopic (exact) mass is 391 g/mol.